The second-order valence-electron chi connectivity index (χ2n) is 24.5. The van der Waals surface area contributed by atoms with Gasteiger partial charge in [0.05, 0.1) is 32.2 Å². The van der Waals surface area contributed by atoms with Crippen LogP contribution in [0.2, 0.25) is 75.5 Å². The van der Waals surface area contributed by atoms with E-state index in [2.05, 4.69) is 107 Å². The molecule has 17 heteroatoms. The summed E-state index contributed by atoms with van der Waals surface area (Å²) < 4.78 is 27.1. The summed E-state index contributed by atoms with van der Waals surface area (Å²) in [7, 11) is -8.81. The minimum Gasteiger partial charge on any atom is -0.413 e. The summed E-state index contributed by atoms with van der Waals surface area (Å²) in [5.41, 5.74) is -2.52. The quantitative estimate of drug-likeness (QED) is 0.0837. The first-order valence-corrected chi connectivity index (χ1v) is 36.8. The molecule has 2 fully saturated rings. The van der Waals surface area contributed by atoms with Gasteiger partial charge in [-0.2, -0.15) is 0 Å². The van der Waals surface area contributed by atoms with E-state index in [4.69, 9.17) is 27.4 Å². The van der Waals surface area contributed by atoms with E-state index in [9.17, 15) is 24.9 Å². The van der Waals surface area contributed by atoms with Crippen LogP contribution in [-0.4, -0.2) is 124 Å². The summed E-state index contributed by atoms with van der Waals surface area (Å²) in [6, 6.07) is 19.5. The third-order valence-electron chi connectivity index (χ3n) is 14.7. The van der Waals surface area contributed by atoms with Crippen LogP contribution in [0.1, 0.15) is 72.4 Å². The Bertz CT molecular complexity index is 2120. The highest BCUT2D eigenvalue weighted by Crippen LogP contribution is 2.51. The average Bonchev–Trinajstić information content (AvgIpc) is 3.21. The molecule has 6 rings (SSSR count). The third-order valence-corrected chi connectivity index (χ3v) is 25.6. The molecule has 0 saturated carbocycles. The van der Waals surface area contributed by atoms with Crippen LogP contribution in [-0.2, 0) is 50.2 Å². The van der Waals surface area contributed by atoms with Crippen molar-refractivity contribution in [1.29, 1.82) is 0 Å². The van der Waals surface area contributed by atoms with Crippen LogP contribution in [0.5, 0.6) is 0 Å². The largest absolute Gasteiger partial charge is 0.413 e. The zero-order chi connectivity index (χ0) is 51.2. The fourth-order valence-electron chi connectivity index (χ4n) is 8.41. The van der Waals surface area contributed by atoms with Gasteiger partial charge in [-0.25, -0.2) is 10.1 Å². The Morgan fingerprint density at radius 1 is 0.574 bits per heavy atom. The van der Waals surface area contributed by atoms with Gasteiger partial charge in [0, 0.05) is 5.92 Å². The number of hydroxylamine groups is 4. The Morgan fingerprint density at radius 2 is 0.971 bits per heavy atom. The van der Waals surface area contributed by atoms with Crippen molar-refractivity contribution in [3.63, 3.8) is 0 Å². The molecule has 2 aliphatic heterocycles. The van der Waals surface area contributed by atoms with Crippen molar-refractivity contribution in [1.82, 2.24) is 10.1 Å². The molecular formula is C51H84N2O11Si4. The zero-order valence-electron chi connectivity index (χ0n) is 44.1. The number of hydrogen-bond acceptors (Lipinski definition) is 11. The summed E-state index contributed by atoms with van der Waals surface area (Å²) in [5, 5.41) is 35.7. The van der Waals surface area contributed by atoms with E-state index in [-0.39, 0.29) is 54.6 Å². The van der Waals surface area contributed by atoms with E-state index in [1.165, 1.54) is 10.1 Å². The number of carbonyl (C=O) groups is 2. The Kier molecular flexibility index (Phi) is 16.6. The number of β-lactam (4-membered cyclic amide) rings is 2. The van der Waals surface area contributed by atoms with E-state index in [1.54, 1.807) is 18.2 Å². The summed E-state index contributed by atoms with van der Waals surface area (Å²) in [5.74, 6) is -0.611. The van der Waals surface area contributed by atoms with Crippen molar-refractivity contribution in [2.75, 3.05) is 13.2 Å². The van der Waals surface area contributed by atoms with Crippen molar-refractivity contribution >= 4 is 45.1 Å². The van der Waals surface area contributed by atoms with E-state index >= 15 is 0 Å². The minimum atomic E-state index is -2.42. The van der Waals surface area contributed by atoms with Crippen LogP contribution < -0.4 is 0 Å². The number of nitrogens with zero attached hydrogens (tertiary/aromatic N) is 2. The fraction of sp³-hybridized carbons (Fsp3) is 0.647. The van der Waals surface area contributed by atoms with Gasteiger partial charge in [-0.05, 0) is 92.7 Å². The van der Waals surface area contributed by atoms with Gasteiger partial charge in [0.25, 0.3) is 0 Å². The van der Waals surface area contributed by atoms with Gasteiger partial charge in [0.1, 0.15) is 47.7 Å². The molecule has 0 radical (unpaired) electrons. The molecule has 2 saturated heterocycles. The first-order valence-electron chi connectivity index (χ1n) is 24.2. The van der Waals surface area contributed by atoms with Crippen molar-refractivity contribution in [3.8, 4) is 0 Å². The zero-order valence-corrected chi connectivity index (χ0v) is 48.1. The number of rotatable bonds is 16. The number of benzene rings is 2. The standard InChI is InChI=1S/C31H55NO6Si3.C20H29NO5Si/c1-28(2,3)40(10,11)36-23-31(34)20-19-30(21-25(33)32(30)35-22-24-17-15-14-16-18-24)26(37-39(7,8)9)27(31)38-41(12,13)29(4,5)6;1-15-18(26-27(2,3)4)19(10-11-20(15,24)14-22)12-17(23)21(19)25-13-16-8-6-5-7-9-16/h14-20,26-27,34H,21-23H2,1-13H3;5-11,15,18,22,24H,12-14H2,1-4H3/t26-,27+,30+,31-;15-,18+,19-,20+/m10/s1. The molecule has 8 atom stereocenters. The molecule has 3 N–H and O–H groups in total. The van der Waals surface area contributed by atoms with Gasteiger partial charge in [-0.3, -0.25) is 19.3 Å². The molecule has 4 aliphatic rings. The maximum absolute atomic E-state index is 13.1. The van der Waals surface area contributed by atoms with E-state index < -0.39 is 86.4 Å². The van der Waals surface area contributed by atoms with Crippen LogP contribution in [0.25, 0.3) is 0 Å². The van der Waals surface area contributed by atoms with Crippen molar-refractivity contribution in [2.24, 2.45) is 5.92 Å². The lowest BCUT2D eigenvalue weighted by atomic mass is 9.66. The van der Waals surface area contributed by atoms with Crippen LogP contribution in [0.4, 0.5) is 0 Å². The SMILES string of the molecule is CC(C)(C)[Si](C)(C)OC[C@]1(O)C=C[C@]2(CC(=O)N2OCc2ccccc2)[C@H](O[Si](C)(C)C)[C@@H]1O[Si](C)(C)C(C)(C)C.C[C@H]1[C@@H](O[Si](C)(C)C)[C@]2(C=C[C@@]1(O)CO)CC(=O)N2OCc1ccccc1. The molecule has 0 bridgehead atoms. The van der Waals surface area contributed by atoms with Crippen LogP contribution in [0.15, 0.2) is 85.0 Å². The van der Waals surface area contributed by atoms with Crippen molar-refractivity contribution < 1.29 is 52.3 Å². The van der Waals surface area contributed by atoms with Crippen LogP contribution in [0.3, 0.4) is 0 Å². The molecule has 0 aromatic heterocycles. The summed E-state index contributed by atoms with van der Waals surface area (Å²) in [6.07, 6.45) is 5.74. The molecule has 68 heavy (non-hydrogen) atoms. The first-order chi connectivity index (χ1) is 31.1. The number of aliphatic hydroxyl groups is 3. The average molecular weight is 1010 g/mol. The highest BCUT2D eigenvalue weighted by Gasteiger charge is 2.66. The van der Waals surface area contributed by atoms with Gasteiger partial charge in [0.15, 0.2) is 33.3 Å². The number of hydrogen-bond donors (Lipinski definition) is 3. The lowest BCUT2D eigenvalue weighted by Gasteiger charge is -2.60. The third kappa shape index (κ3) is 12.2. The summed E-state index contributed by atoms with van der Waals surface area (Å²) in [6.45, 7) is 36.6. The van der Waals surface area contributed by atoms with Gasteiger partial charge >= 0.3 is 0 Å². The molecule has 2 amide bonds. The van der Waals surface area contributed by atoms with Gasteiger partial charge in [-0.15, -0.1) is 0 Å². The molecule has 2 aliphatic carbocycles. The molecule has 0 unspecified atom stereocenters. The fourth-order valence-corrected chi connectivity index (χ4v) is 13.0. The molecule has 2 heterocycles. The molecule has 2 spiro atoms. The summed E-state index contributed by atoms with van der Waals surface area (Å²) >= 11 is 0. The molecule has 13 nitrogen and oxygen atoms in total. The van der Waals surface area contributed by atoms with Crippen molar-refractivity contribution in [3.05, 3.63) is 96.1 Å². The lowest BCUT2D eigenvalue weighted by Crippen LogP contribution is -2.77. The number of carbonyl (C=O) groups excluding carboxylic acids is 2. The van der Waals surface area contributed by atoms with E-state index in [0.717, 1.165) is 11.1 Å². The molecular weight excluding hydrogens is 929 g/mol. The predicted molar refractivity (Wildman–Crippen MR) is 277 cm³/mol. The van der Waals surface area contributed by atoms with Gasteiger partial charge < -0.3 is 33.0 Å². The number of amides is 2. The van der Waals surface area contributed by atoms with Crippen molar-refractivity contribution in [2.45, 2.75) is 191 Å². The highest BCUT2D eigenvalue weighted by atomic mass is 28.4. The second-order valence-corrected chi connectivity index (χ2v) is 43.0. The summed E-state index contributed by atoms with van der Waals surface area (Å²) in [4.78, 5) is 37.6. The predicted octanol–water partition coefficient (Wildman–Crippen LogP) is 9.26. The van der Waals surface area contributed by atoms with Gasteiger partial charge in [0.2, 0.25) is 11.8 Å². The Hall–Kier alpha value is -2.63. The maximum Gasteiger partial charge on any atom is 0.249 e. The lowest BCUT2D eigenvalue weighted by molar-refractivity contribution is -0.282. The minimum absolute atomic E-state index is 0.0184. The Morgan fingerprint density at radius 3 is 1.35 bits per heavy atom. The first kappa shape index (κ1) is 56.3. The smallest absolute Gasteiger partial charge is 0.249 e. The van der Waals surface area contributed by atoms with Crippen LogP contribution in [0, 0.1) is 5.92 Å². The number of aliphatic hydroxyl groups excluding tert-OH is 1. The topological polar surface area (TPSA) is 157 Å². The van der Waals surface area contributed by atoms with E-state index in [0.29, 0.717) is 0 Å². The monoisotopic (exact) mass is 1010 g/mol. The van der Waals surface area contributed by atoms with Gasteiger partial charge in [-0.1, -0.05) is 127 Å². The highest BCUT2D eigenvalue weighted by molar-refractivity contribution is 6.74. The maximum atomic E-state index is 13.1. The van der Waals surface area contributed by atoms with E-state index in [1.807, 2.05) is 73.7 Å². The Labute approximate surface area is 411 Å². The molecule has 2 aromatic carbocycles. The Balaban J connectivity index is 0.000000276. The molecule has 2 aromatic rings. The van der Waals surface area contributed by atoms with Crippen LogP contribution >= 0.6 is 0 Å². The second kappa shape index (κ2) is 20.1. The normalized spacial score (nSPS) is 30.1. The molecule has 380 valence electrons.